The molecular formula is C24H38N4O7. The Hall–Kier alpha value is -3.21. The van der Waals surface area contributed by atoms with Crippen LogP contribution >= 0.6 is 0 Å². The molecule has 196 valence electrons. The van der Waals surface area contributed by atoms with E-state index in [2.05, 4.69) is 21.3 Å². The van der Waals surface area contributed by atoms with Gasteiger partial charge in [0, 0.05) is 45.2 Å². The Balaban J connectivity index is 2.26. The molecule has 0 aromatic rings. The molecule has 0 aliphatic carbocycles. The molecule has 2 atom stereocenters. The Morgan fingerprint density at radius 1 is 0.857 bits per heavy atom. The monoisotopic (exact) mass is 494 g/mol. The first kappa shape index (κ1) is 29.8. The number of esters is 1. The van der Waals surface area contributed by atoms with Gasteiger partial charge in [0.15, 0.2) is 0 Å². The highest BCUT2D eigenvalue weighted by atomic mass is 16.5. The molecule has 1 aliphatic rings. The summed E-state index contributed by atoms with van der Waals surface area (Å²) in [6.07, 6.45) is 5.57. The number of nitrogens with one attached hydrogen (secondary N) is 4. The average molecular weight is 495 g/mol. The quantitative estimate of drug-likeness (QED) is 0.121. The standard InChI is InChI=1S/C24H38N4O7/c1-16(8-12-29)14-21(31)25-10-4-6-19-23(33)28-20(24(34)27-19)7-5-11-26-22(32)15-17(2)9-13-35-18(3)30/h14-15,19-20,29H,4-13H2,1-3H3,(H,25,31)(H,26,32)(H,27,34)(H,28,33)/t19-,20-/m0/s1. The Kier molecular flexibility index (Phi) is 14.0. The maximum Gasteiger partial charge on any atom is 0.302 e. The summed E-state index contributed by atoms with van der Waals surface area (Å²) in [7, 11) is 0. The first-order chi connectivity index (χ1) is 16.6. The normalized spacial score (nSPS) is 18.4. The summed E-state index contributed by atoms with van der Waals surface area (Å²) in [6.45, 7) is 5.77. The van der Waals surface area contributed by atoms with Crippen LogP contribution in [0.5, 0.6) is 0 Å². The van der Waals surface area contributed by atoms with Gasteiger partial charge in [-0.1, -0.05) is 11.1 Å². The van der Waals surface area contributed by atoms with Crippen LogP contribution in [0.15, 0.2) is 23.3 Å². The SMILES string of the molecule is CC(=O)OCCC(C)=CC(=O)NCCC[C@@H]1NC(=O)[C@H](CCCNC(=O)C=C(C)CCO)NC1=O. The van der Waals surface area contributed by atoms with Gasteiger partial charge < -0.3 is 31.1 Å². The fraction of sp³-hybridized carbons (Fsp3) is 0.625. The van der Waals surface area contributed by atoms with Crippen molar-refractivity contribution in [2.24, 2.45) is 0 Å². The van der Waals surface area contributed by atoms with Crippen LogP contribution in [0.1, 0.15) is 59.3 Å². The largest absolute Gasteiger partial charge is 0.466 e. The van der Waals surface area contributed by atoms with Gasteiger partial charge in [0.2, 0.25) is 23.6 Å². The van der Waals surface area contributed by atoms with Crippen molar-refractivity contribution in [3.8, 4) is 0 Å². The lowest BCUT2D eigenvalue weighted by molar-refractivity contribution is -0.140. The van der Waals surface area contributed by atoms with Crippen LogP contribution in [0, 0.1) is 0 Å². The minimum atomic E-state index is -0.656. The summed E-state index contributed by atoms with van der Waals surface area (Å²) < 4.78 is 4.83. The molecule has 4 amide bonds. The van der Waals surface area contributed by atoms with Gasteiger partial charge in [0.05, 0.1) is 6.61 Å². The Morgan fingerprint density at radius 3 is 1.74 bits per heavy atom. The molecule has 35 heavy (non-hydrogen) atoms. The number of aliphatic hydroxyl groups excluding tert-OH is 1. The van der Waals surface area contributed by atoms with E-state index in [0.29, 0.717) is 51.6 Å². The van der Waals surface area contributed by atoms with Crippen LogP contribution in [0.4, 0.5) is 0 Å². The van der Waals surface area contributed by atoms with Crippen LogP contribution in [-0.4, -0.2) is 73.1 Å². The van der Waals surface area contributed by atoms with Gasteiger partial charge >= 0.3 is 5.97 Å². The number of piperazine rings is 1. The summed E-state index contributed by atoms with van der Waals surface area (Å²) in [4.78, 5) is 59.1. The van der Waals surface area contributed by atoms with Crippen molar-refractivity contribution in [1.29, 1.82) is 0 Å². The number of hydrogen-bond donors (Lipinski definition) is 5. The minimum absolute atomic E-state index is 0.0149. The minimum Gasteiger partial charge on any atom is -0.466 e. The maximum absolute atomic E-state index is 12.3. The van der Waals surface area contributed by atoms with Crippen molar-refractivity contribution < 1.29 is 33.8 Å². The Morgan fingerprint density at radius 2 is 1.31 bits per heavy atom. The van der Waals surface area contributed by atoms with Crippen molar-refractivity contribution in [1.82, 2.24) is 21.3 Å². The van der Waals surface area contributed by atoms with Crippen LogP contribution in [0.25, 0.3) is 0 Å². The Labute approximate surface area is 206 Å². The van der Waals surface area contributed by atoms with Gasteiger partial charge in [-0.2, -0.15) is 0 Å². The maximum atomic E-state index is 12.3. The van der Waals surface area contributed by atoms with Crippen molar-refractivity contribution >= 4 is 29.6 Å². The number of carbonyl (C=O) groups excluding carboxylic acids is 5. The molecule has 1 heterocycles. The number of aliphatic hydroxyl groups is 1. The molecule has 1 fully saturated rings. The van der Waals surface area contributed by atoms with E-state index >= 15 is 0 Å². The highest BCUT2D eigenvalue weighted by Gasteiger charge is 2.32. The lowest BCUT2D eigenvalue weighted by atomic mass is 10.0. The average Bonchev–Trinajstić information content (AvgIpc) is 2.76. The molecule has 0 radical (unpaired) electrons. The third-order valence-corrected chi connectivity index (χ3v) is 5.27. The first-order valence-electron chi connectivity index (χ1n) is 11.9. The number of hydrogen-bond acceptors (Lipinski definition) is 7. The smallest absolute Gasteiger partial charge is 0.302 e. The molecule has 0 aromatic heterocycles. The fourth-order valence-corrected chi connectivity index (χ4v) is 3.34. The van der Waals surface area contributed by atoms with E-state index in [-0.39, 0.29) is 42.8 Å². The fourth-order valence-electron chi connectivity index (χ4n) is 3.34. The molecule has 0 bridgehead atoms. The Bertz CT molecular complexity index is 823. The van der Waals surface area contributed by atoms with Gasteiger partial charge in [-0.15, -0.1) is 0 Å². The van der Waals surface area contributed by atoms with Crippen molar-refractivity contribution in [3.05, 3.63) is 23.3 Å². The van der Waals surface area contributed by atoms with E-state index in [0.717, 1.165) is 11.1 Å². The van der Waals surface area contributed by atoms with Gasteiger partial charge in [-0.25, -0.2) is 0 Å². The van der Waals surface area contributed by atoms with Crippen LogP contribution in [-0.2, 0) is 28.7 Å². The molecule has 0 aromatic carbocycles. The molecule has 11 heteroatoms. The van der Waals surface area contributed by atoms with E-state index < -0.39 is 12.1 Å². The summed E-state index contributed by atoms with van der Waals surface area (Å²) >= 11 is 0. The molecule has 1 saturated heterocycles. The number of ether oxygens (including phenoxy) is 1. The summed E-state index contributed by atoms with van der Waals surface area (Å²) in [5.41, 5.74) is 1.55. The number of carbonyl (C=O) groups is 5. The highest BCUT2D eigenvalue weighted by molar-refractivity contribution is 5.96. The van der Waals surface area contributed by atoms with Crippen molar-refractivity contribution in [2.45, 2.75) is 71.4 Å². The molecule has 5 N–H and O–H groups in total. The third-order valence-electron chi connectivity index (χ3n) is 5.27. The second-order valence-electron chi connectivity index (χ2n) is 8.53. The third kappa shape index (κ3) is 13.3. The zero-order valence-electron chi connectivity index (χ0n) is 20.8. The zero-order chi connectivity index (χ0) is 26.2. The van der Waals surface area contributed by atoms with E-state index in [4.69, 9.17) is 9.84 Å². The predicted molar refractivity (Wildman–Crippen MR) is 129 cm³/mol. The summed E-state index contributed by atoms with van der Waals surface area (Å²) in [5.74, 6) is -1.43. The van der Waals surface area contributed by atoms with E-state index in [9.17, 15) is 24.0 Å². The first-order valence-corrected chi connectivity index (χ1v) is 11.9. The topological polar surface area (TPSA) is 163 Å². The molecule has 0 spiro atoms. The van der Waals surface area contributed by atoms with Gasteiger partial charge in [-0.3, -0.25) is 24.0 Å². The van der Waals surface area contributed by atoms with Gasteiger partial charge in [0.25, 0.3) is 0 Å². The molecule has 0 unspecified atom stereocenters. The second kappa shape index (κ2) is 16.4. The summed E-state index contributed by atoms with van der Waals surface area (Å²) in [6, 6.07) is -1.31. The van der Waals surface area contributed by atoms with E-state index in [1.165, 1.54) is 19.1 Å². The van der Waals surface area contributed by atoms with Crippen molar-refractivity contribution in [3.63, 3.8) is 0 Å². The van der Waals surface area contributed by atoms with Crippen LogP contribution < -0.4 is 21.3 Å². The van der Waals surface area contributed by atoms with E-state index in [1.807, 2.05) is 0 Å². The van der Waals surface area contributed by atoms with Crippen molar-refractivity contribution in [2.75, 3.05) is 26.3 Å². The molecule has 11 nitrogen and oxygen atoms in total. The highest BCUT2D eigenvalue weighted by Crippen LogP contribution is 2.08. The van der Waals surface area contributed by atoms with Gasteiger partial charge in [0.1, 0.15) is 12.1 Å². The number of amides is 4. The zero-order valence-corrected chi connectivity index (χ0v) is 20.8. The van der Waals surface area contributed by atoms with Crippen LogP contribution in [0.2, 0.25) is 0 Å². The molecule has 1 aliphatic heterocycles. The number of rotatable bonds is 15. The lowest BCUT2D eigenvalue weighted by Crippen LogP contribution is -2.61. The second-order valence-corrected chi connectivity index (χ2v) is 8.53. The molecular weight excluding hydrogens is 456 g/mol. The molecule has 0 saturated carbocycles. The summed E-state index contributed by atoms with van der Waals surface area (Å²) in [5, 5.41) is 19.7. The van der Waals surface area contributed by atoms with E-state index in [1.54, 1.807) is 13.8 Å². The van der Waals surface area contributed by atoms with Crippen LogP contribution in [0.3, 0.4) is 0 Å². The molecule has 1 rings (SSSR count). The lowest BCUT2D eigenvalue weighted by Gasteiger charge is -2.29. The predicted octanol–water partition coefficient (Wildman–Crippen LogP) is -0.00940. The van der Waals surface area contributed by atoms with Gasteiger partial charge in [-0.05, 0) is 46.0 Å².